The van der Waals surface area contributed by atoms with Crippen molar-refractivity contribution in [3.63, 3.8) is 0 Å². The van der Waals surface area contributed by atoms with E-state index in [1.165, 1.54) is 17.2 Å². The number of nitrogens with one attached hydrogen (secondary N) is 1. The van der Waals surface area contributed by atoms with Crippen molar-refractivity contribution in [3.8, 4) is 5.75 Å². The van der Waals surface area contributed by atoms with Gasteiger partial charge in [-0.1, -0.05) is 23.9 Å². The molecule has 2 aliphatic heterocycles. The number of carbonyl (C=O) groups excluding carboxylic acids is 2. The topological polar surface area (TPSA) is 172 Å². The molecule has 5 unspecified atom stereocenters. The minimum atomic E-state index is -1.25. The summed E-state index contributed by atoms with van der Waals surface area (Å²) in [6, 6.07) is 7.38. The van der Waals surface area contributed by atoms with E-state index in [0.717, 1.165) is 17.3 Å². The second kappa shape index (κ2) is 10.6. The third-order valence-corrected chi connectivity index (χ3v) is 7.28. The summed E-state index contributed by atoms with van der Waals surface area (Å²) < 4.78 is 13.0. The lowest BCUT2D eigenvalue weighted by atomic mass is 10.1. The molecule has 1 aromatic carbocycles. The van der Waals surface area contributed by atoms with Gasteiger partial charge in [0.05, 0.1) is 24.7 Å². The lowest BCUT2D eigenvalue weighted by Crippen LogP contribution is -2.33. The minimum Gasteiger partial charge on any atom is -0.492 e. The predicted octanol–water partition coefficient (Wildman–Crippen LogP) is -0.153. The van der Waals surface area contributed by atoms with E-state index in [1.807, 2.05) is 36.2 Å². The maximum atomic E-state index is 11.7. The van der Waals surface area contributed by atoms with Gasteiger partial charge in [-0.3, -0.25) is 19.5 Å². The summed E-state index contributed by atoms with van der Waals surface area (Å²) in [5.41, 5.74) is 1.83. The van der Waals surface area contributed by atoms with Crippen molar-refractivity contribution in [2.45, 2.75) is 36.2 Å². The third kappa shape index (κ3) is 5.10. The van der Waals surface area contributed by atoms with Gasteiger partial charge in [0.25, 0.3) is 5.24 Å². The normalized spacial score (nSPS) is 25.6. The number of imidazole rings is 1. The van der Waals surface area contributed by atoms with E-state index in [1.54, 1.807) is 0 Å². The van der Waals surface area contributed by atoms with Crippen molar-refractivity contribution in [3.05, 3.63) is 42.5 Å². The number of nitrogens with zero attached hydrogens (tertiary/aromatic N) is 5. The zero-order valence-electron chi connectivity index (χ0n) is 19.8. The number of ether oxygens (including phenoxy) is 2. The van der Waals surface area contributed by atoms with Gasteiger partial charge in [0.15, 0.2) is 23.2 Å². The number of rotatable bonds is 9. The number of aliphatic hydroxyl groups excluding tert-OH is 3. The summed E-state index contributed by atoms with van der Waals surface area (Å²) in [5, 5.41) is 31.4. The summed E-state index contributed by atoms with van der Waals surface area (Å²) >= 11 is 1.00. The molecule has 0 aliphatic carbocycles. The Morgan fingerprint density at radius 1 is 1.16 bits per heavy atom. The van der Waals surface area contributed by atoms with Crippen LogP contribution >= 0.6 is 11.8 Å². The summed E-state index contributed by atoms with van der Waals surface area (Å²) in [7, 11) is 1.84. The number of likely N-dealkylation sites (N-methyl/N-ethyl adjacent to an activating group) is 1. The Morgan fingerprint density at radius 3 is 2.62 bits per heavy atom. The Labute approximate surface area is 215 Å². The molecule has 0 saturated carbocycles. The van der Waals surface area contributed by atoms with Gasteiger partial charge in [0, 0.05) is 7.05 Å². The highest BCUT2D eigenvalue weighted by molar-refractivity contribution is 8.15. The number of imide groups is 1. The summed E-state index contributed by atoms with van der Waals surface area (Å²) in [6.45, 7) is 0.409. The van der Waals surface area contributed by atoms with Gasteiger partial charge in [-0.05, 0) is 24.1 Å². The molecule has 3 aromatic rings. The number of hydrogen-bond acceptors (Lipinski definition) is 12. The zero-order chi connectivity index (χ0) is 26.1. The molecule has 37 heavy (non-hydrogen) atoms. The number of aromatic nitrogens is 4. The quantitative estimate of drug-likeness (QED) is 0.289. The molecule has 5 rings (SSSR count). The second-order valence-electron chi connectivity index (χ2n) is 8.75. The van der Waals surface area contributed by atoms with Gasteiger partial charge in [-0.2, -0.15) is 0 Å². The van der Waals surface area contributed by atoms with E-state index in [4.69, 9.17) is 9.47 Å². The molecule has 2 fully saturated rings. The molecule has 0 bridgehead atoms. The average molecular weight is 531 g/mol. The lowest BCUT2D eigenvalue weighted by molar-refractivity contribution is -0.118. The first kappa shape index (κ1) is 25.4. The predicted molar refractivity (Wildman–Crippen MR) is 132 cm³/mol. The van der Waals surface area contributed by atoms with Crippen LogP contribution in [-0.2, 0) is 16.0 Å². The average Bonchev–Trinajstić information content (AvgIpc) is 3.55. The van der Waals surface area contributed by atoms with E-state index >= 15 is 0 Å². The van der Waals surface area contributed by atoms with Gasteiger partial charge in [0.2, 0.25) is 5.91 Å². The van der Waals surface area contributed by atoms with E-state index in [-0.39, 0.29) is 11.1 Å². The first-order chi connectivity index (χ1) is 17.9. The maximum Gasteiger partial charge on any atom is 0.286 e. The number of fused-ring (bicyclic) bond motifs is 1. The van der Waals surface area contributed by atoms with Crippen molar-refractivity contribution in [1.29, 1.82) is 0 Å². The molecule has 14 heteroatoms. The van der Waals surface area contributed by atoms with Gasteiger partial charge >= 0.3 is 0 Å². The Balaban J connectivity index is 1.19. The number of aliphatic hydroxyl groups is 3. The van der Waals surface area contributed by atoms with Crippen LogP contribution in [0.25, 0.3) is 11.2 Å². The number of hydrogen-bond donors (Lipinski definition) is 4. The van der Waals surface area contributed by atoms with Crippen LogP contribution in [0, 0.1) is 0 Å². The van der Waals surface area contributed by atoms with Gasteiger partial charge in [-0.15, -0.1) is 0 Å². The SMILES string of the molecule is CN(CCOc1ccc(CC2SC(=O)NC2=O)cc1)c1ncnc2c1ncn2C1OC(CO)C(O)C1O. The number of anilines is 1. The van der Waals surface area contributed by atoms with Crippen molar-refractivity contribution < 1.29 is 34.4 Å². The molecule has 0 spiro atoms. The van der Waals surface area contributed by atoms with Crippen LogP contribution in [0.3, 0.4) is 0 Å². The molecule has 196 valence electrons. The second-order valence-corrected chi connectivity index (χ2v) is 9.93. The fourth-order valence-electron chi connectivity index (χ4n) is 4.28. The van der Waals surface area contributed by atoms with Gasteiger partial charge < -0.3 is 29.7 Å². The Hall–Kier alpha value is -3.30. The van der Waals surface area contributed by atoms with Crippen molar-refractivity contribution in [1.82, 2.24) is 24.8 Å². The molecular formula is C23H26N6O7S. The van der Waals surface area contributed by atoms with Gasteiger partial charge in [0.1, 0.15) is 37.0 Å². The van der Waals surface area contributed by atoms with Crippen LogP contribution in [0.15, 0.2) is 36.9 Å². The highest BCUT2D eigenvalue weighted by atomic mass is 32.2. The standard InChI is InChI=1S/C23H26N6O7S/c1-28(6-7-35-13-4-2-12(3-5-13)8-15-21(33)27-23(34)37-15)19-16-20(25-10-24-19)29(11-26-16)22-18(32)17(31)14(9-30)36-22/h2-5,10-11,14-15,17-18,22,30-32H,6-9H2,1H3,(H,27,33,34). The van der Waals surface area contributed by atoms with E-state index in [2.05, 4.69) is 20.3 Å². The van der Waals surface area contributed by atoms with Crippen molar-refractivity contribution >= 4 is 39.9 Å². The minimum absolute atomic E-state index is 0.263. The highest BCUT2D eigenvalue weighted by Crippen LogP contribution is 2.32. The Kier molecular flexibility index (Phi) is 7.26. The molecular weight excluding hydrogens is 504 g/mol. The summed E-state index contributed by atoms with van der Waals surface area (Å²) in [4.78, 5) is 37.9. The first-order valence-electron chi connectivity index (χ1n) is 11.6. The molecule has 0 radical (unpaired) electrons. The Bertz CT molecular complexity index is 1290. The first-order valence-corrected chi connectivity index (χ1v) is 12.5. The van der Waals surface area contributed by atoms with Crippen LogP contribution in [0.1, 0.15) is 11.8 Å². The molecule has 4 heterocycles. The third-order valence-electron chi connectivity index (χ3n) is 6.30. The van der Waals surface area contributed by atoms with Crippen LogP contribution in [0.5, 0.6) is 5.75 Å². The fraction of sp³-hybridized carbons (Fsp3) is 0.435. The van der Waals surface area contributed by atoms with E-state index < -0.39 is 36.4 Å². The molecule has 13 nitrogen and oxygen atoms in total. The van der Waals surface area contributed by atoms with Crippen LogP contribution in [-0.4, -0.2) is 96.4 Å². The molecule has 2 aromatic heterocycles. The number of carbonyl (C=O) groups is 2. The lowest BCUT2D eigenvalue weighted by Gasteiger charge is -2.19. The van der Waals surface area contributed by atoms with E-state index in [0.29, 0.717) is 42.3 Å². The molecule has 5 atom stereocenters. The number of amides is 2. The smallest absolute Gasteiger partial charge is 0.286 e. The van der Waals surface area contributed by atoms with Crippen molar-refractivity contribution in [2.24, 2.45) is 0 Å². The van der Waals surface area contributed by atoms with Crippen molar-refractivity contribution in [2.75, 3.05) is 31.7 Å². The molecule has 2 aliphatic rings. The van der Waals surface area contributed by atoms with E-state index in [9.17, 15) is 24.9 Å². The monoisotopic (exact) mass is 530 g/mol. The number of thioether (sulfide) groups is 1. The molecule has 2 amide bonds. The zero-order valence-corrected chi connectivity index (χ0v) is 20.6. The largest absolute Gasteiger partial charge is 0.492 e. The van der Waals surface area contributed by atoms with Crippen LogP contribution < -0.4 is 15.0 Å². The van der Waals surface area contributed by atoms with Gasteiger partial charge in [-0.25, -0.2) is 15.0 Å². The fourth-order valence-corrected chi connectivity index (χ4v) is 5.14. The van der Waals surface area contributed by atoms with Crippen LogP contribution in [0.4, 0.5) is 10.6 Å². The Morgan fingerprint density at radius 2 is 1.95 bits per heavy atom. The molecule has 2 saturated heterocycles. The molecule has 4 N–H and O–H groups in total. The summed E-state index contributed by atoms with van der Waals surface area (Å²) in [5.74, 6) is 0.954. The maximum absolute atomic E-state index is 11.7. The number of benzene rings is 1. The van der Waals surface area contributed by atoms with Crippen LogP contribution in [0.2, 0.25) is 0 Å². The highest BCUT2D eigenvalue weighted by Gasteiger charge is 2.44. The summed E-state index contributed by atoms with van der Waals surface area (Å²) in [6.07, 6.45) is -1.03.